The van der Waals surface area contributed by atoms with E-state index in [4.69, 9.17) is 14.7 Å². The topological polar surface area (TPSA) is 96.7 Å². The van der Waals surface area contributed by atoms with Gasteiger partial charge in [0.05, 0.1) is 24.3 Å². The van der Waals surface area contributed by atoms with Crippen LogP contribution in [0.5, 0.6) is 11.5 Å². The first-order valence-electron chi connectivity index (χ1n) is 8.47. The number of halogens is 1. The first kappa shape index (κ1) is 19.8. The Kier molecular flexibility index (Phi) is 5.63. The third-order valence-electron chi connectivity index (χ3n) is 4.35. The average Bonchev–Trinajstić information content (AvgIpc) is 3.24. The molecule has 1 aliphatic rings. The molecule has 2 aromatic rings. The van der Waals surface area contributed by atoms with Crippen LogP contribution in [0.2, 0.25) is 0 Å². The number of hydrogen-bond donors (Lipinski definition) is 0. The maximum absolute atomic E-state index is 14.2. The Labute approximate surface area is 162 Å². The number of hydrogen-bond acceptors (Lipinski definition) is 6. The molecule has 3 rings (SSSR count). The van der Waals surface area contributed by atoms with E-state index < -0.39 is 26.7 Å². The fourth-order valence-corrected chi connectivity index (χ4v) is 4.48. The van der Waals surface area contributed by atoms with Gasteiger partial charge in [-0.1, -0.05) is 0 Å². The number of ether oxygens (including phenoxy) is 2. The molecule has 9 heteroatoms. The summed E-state index contributed by atoms with van der Waals surface area (Å²) in [7, 11) is -2.68. The van der Waals surface area contributed by atoms with Crippen molar-refractivity contribution >= 4 is 16.0 Å². The fraction of sp³-hybridized carbons (Fsp3) is 0.263. The molecule has 0 spiro atoms. The minimum atomic E-state index is -4.03. The van der Waals surface area contributed by atoms with Gasteiger partial charge in [-0.2, -0.15) is 9.57 Å². The van der Waals surface area contributed by atoms with Gasteiger partial charge in [-0.05, 0) is 43.2 Å². The Bertz CT molecular complexity index is 1060. The molecular formula is C19H17FN2O5S. The molecule has 0 amide bonds. The lowest BCUT2D eigenvalue weighted by atomic mass is 10.2. The number of rotatable bonds is 5. The normalized spacial score (nSPS) is 14.5. The van der Waals surface area contributed by atoms with E-state index in [1.165, 1.54) is 29.6 Å². The van der Waals surface area contributed by atoms with E-state index >= 15 is 0 Å². The molecule has 0 radical (unpaired) electrons. The molecule has 1 fully saturated rings. The van der Waals surface area contributed by atoms with Crippen molar-refractivity contribution in [1.29, 1.82) is 5.26 Å². The van der Waals surface area contributed by atoms with Crippen LogP contribution in [0.15, 0.2) is 41.3 Å². The van der Waals surface area contributed by atoms with Crippen molar-refractivity contribution in [3.63, 3.8) is 0 Å². The van der Waals surface area contributed by atoms with Crippen molar-refractivity contribution in [1.82, 2.24) is 4.31 Å². The second kappa shape index (κ2) is 7.96. The van der Waals surface area contributed by atoms with Gasteiger partial charge in [0.25, 0.3) is 0 Å². The van der Waals surface area contributed by atoms with Crippen LogP contribution in [0.25, 0.3) is 0 Å². The van der Waals surface area contributed by atoms with Crippen LogP contribution in [-0.4, -0.2) is 38.9 Å². The van der Waals surface area contributed by atoms with Gasteiger partial charge in [-0.15, -0.1) is 0 Å². The zero-order valence-corrected chi connectivity index (χ0v) is 15.8. The summed E-state index contributed by atoms with van der Waals surface area (Å²) < 4.78 is 51.0. The molecule has 0 saturated carbocycles. The molecular weight excluding hydrogens is 387 g/mol. The minimum Gasteiger partial charge on any atom is -0.493 e. The van der Waals surface area contributed by atoms with Crippen LogP contribution >= 0.6 is 0 Å². The van der Waals surface area contributed by atoms with Gasteiger partial charge in [0.15, 0.2) is 11.5 Å². The minimum absolute atomic E-state index is 0.0553. The van der Waals surface area contributed by atoms with Gasteiger partial charge < -0.3 is 9.47 Å². The maximum Gasteiger partial charge on any atom is 0.343 e. The quantitative estimate of drug-likeness (QED) is 0.562. The largest absolute Gasteiger partial charge is 0.493 e. The summed E-state index contributed by atoms with van der Waals surface area (Å²) in [6, 6.07) is 9.22. The van der Waals surface area contributed by atoms with E-state index in [1.807, 2.05) is 6.07 Å². The molecule has 1 heterocycles. The molecule has 0 atom stereocenters. The highest BCUT2D eigenvalue weighted by atomic mass is 32.2. The molecule has 1 aliphatic heterocycles. The van der Waals surface area contributed by atoms with Crippen molar-refractivity contribution < 1.29 is 27.1 Å². The van der Waals surface area contributed by atoms with Crippen LogP contribution in [0.4, 0.5) is 4.39 Å². The van der Waals surface area contributed by atoms with Gasteiger partial charge in [-0.3, -0.25) is 0 Å². The van der Waals surface area contributed by atoms with Crippen molar-refractivity contribution in [2.75, 3.05) is 20.2 Å². The summed E-state index contributed by atoms with van der Waals surface area (Å²) in [5.74, 6) is -1.58. The molecule has 28 heavy (non-hydrogen) atoms. The molecule has 0 unspecified atom stereocenters. The van der Waals surface area contributed by atoms with Crippen molar-refractivity contribution in [3.05, 3.63) is 53.3 Å². The number of nitrogens with zero attached hydrogens (tertiary/aromatic N) is 2. The zero-order valence-electron chi connectivity index (χ0n) is 15.0. The van der Waals surface area contributed by atoms with Crippen LogP contribution < -0.4 is 9.47 Å². The first-order chi connectivity index (χ1) is 13.4. The number of carbonyl (C=O) groups excluding carboxylic acids is 1. The van der Waals surface area contributed by atoms with Crippen molar-refractivity contribution in [3.8, 4) is 17.6 Å². The Balaban J connectivity index is 1.91. The standard InChI is InChI=1S/C19H17FN2O5S/c1-26-17-10-13(12-21)4-7-16(17)27-19(23)14-5-6-15(20)18(11-14)28(24,25)22-8-2-3-9-22/h4-7,10-11H,2-3,8-9H2,1H3. The van der Waals surface area contributed by atoms with Gasteiger partial charge >= 0.3 is 5.97 Å². The summed E-state index contributed by atoms with van der Waals surface area (Å²) in [6.45, 7) is 0.637. The van der Waals surface area contributed by atoms with Crippen molar-refractivity contribution in [2.24, 2.45) is 0 Å². The lowest BCUT2D eigenvalue weighted by Crippen LogP contribution is -2.29. The number of nitriles is 1. The monoisotopic (exact) mass is 404 g/mol. The van der Waals surface area contributed by atoms with Crippen molar-refractivity contribution in [2.45, 2.75) is 17.7 Å². The summed E-state index contributed by atoms with van der Waals surface area (Å²) in [4.78, 5) is 11.9. The van der Waals surface area contributed by atoms with E-state index in [2.05, 4.69) is 0 Å². The highest BCUT2D eigenvalue weighted by molar-refractivity contribution is 7.89. The average molecular weight is 404 g/mol. The van der Waals surface area contributed by atoms with E-state index in [0.717, 1.165) is 18.2 Å². The second-order valence-corrected chi connectivity index (χ2v) is 8.03. The molecule has 7 nitrogen and oxygen atoms in total. The SMILES string of the molecule is COc1cc(C#N)ccc1OC(=O)c1ccc(F)c(S(=O)(=O)N2CCCC2)c1. The number of esters is 1. The third-order valence-corrected chi connectivity index (χ3v) is 6.26. The first-order valence-corrected chi connectivity index (χ1v) is 9.91. The van der Waals surface area contributed by atoms with Crippen LogP contribution in [-0.2, 0) is 10.0 Å². The Hall–Kier alpha value is -2.96. The van der Waals surface area contributed by atoms with E-state index in [9.17, 15) is 17.6 Å². The Morgan fingerprint density at radius 2 is 1.86 bits per heavy atom. The highest BCUT2D eigenvalue weighted by Crippen LogP contribution is 2.29. The highest BCUT2D eigenvalue weighted by Gasteiger charge is 2.30. The fourth-order valence-electron chi connectivity index (χ4n) is 2.88. The van der Waals surface area contributed by atoms with E-state index in [1.54, 1.807) is 0 Å². The lowest BCUT2D eigenvalue weighted by Gasteiger charge is -2.16. The summed E-state index contributed by atoms with van der Waals surface area (Å²) in [6.07, 6.45) is 1.42. The molecule has 146 valence electrons. The van der Waals surface area contributed by atoms with Gasteiger partial charge in [0.1, 0.15) is 10.7 Å². The number of carbonyl (C=O) groups is 1. The Morgan fingerprint density at radius 1 is 1.14 bits per heavy atom. The summed E-state index contributed by atoms with van der Waals surface area (Å²) >= 11 is 0. The van der Waals surface area contributed by atoms with Crippen LogP contribution in [0, 0.1) is 17.1 Å². The van der Waals surface area contributed by atoms with Gasteiger partial charge in [0.2, 0.25) is 10.0 Å². The Morgan fingerprint density at radius 3 is 2.50 bits per heavy atom. The maximum atomic E-state index is 14.2. The van der Waals surface area contributed by atoms with Gasteiger partial charge in [-0.25, -0.2) is 17.6 Å². The number of sulfonamides is 1. The summed E-state index contributed by atoms with van der Waals surface area (Å²) in [5.41, 5.74) is 0.197. The molecule has 2 aromatic carbocycles. The van der Waals surface area contributed by atoms with Gasteiger partial charge in [0, 0.05) is 19.2 Å². The van der Waals surface area contributed by atoms with E-state index in [0.29, 0.717) is 31.5 Å². The summed E-state index contributed by atoms with van der Waals surface area (Å²) in [5, 5.41) is 8.92. The molecule has 0 N–H and O–H groups in total. The predicted molar refractivity (Wildman–Crippen MR) is 97.1 cm³/mol. The van der Waals surface area contributed by atoms with Crippen LogP contribution in [0.3, 0.4) is 0 Å². The zero-order chi connectivity index (χ0) is 20.3. The number of methoxy groups -OCH3 is 1. The second-order valence-electron chi connectivity index (χ2n) is 6.12. The molecule has 0 aromatic heterocycles. The third kappa shape index (κ3) is 3.83. The molecule has 0 bridgehead atoms. The van der Waals surface area contributed by atoms with E-state index in [-0.39, 0.29) is 17.1 Å². The number of benzene rings is 2. The predicted octanol–water partition coefficient (Wildman–Crippen LogP) is 2.71. The smallest absolute Gasteiger partial charge is 0.343 e. The van der Waals surface area contributed by atoms with Crippen LogP contribution in [0.1, 0.15) is 28.8 Å². The lowest BCUT2D eigenvalue weighted by molar-refractivity contribution is 0.0729. The molecule has 0 aliphatic carbocycles. The molecule has 1 saturated heterocycles.